The Morgan fingerprint density at radius 2 is 2.20 bits per heavy atom. The first-order valence-electron chi connectivity index (χ1n) is 5.98. The minimum Gasteiger partial charge on any atom is -0.481 e. The zero-order valence-corrected chi connectivity index (χ0v) is 9.48. The molecule has 0 heterocycles. The standard InChI is InChI=1S/C13H21O2/c1-2-3-4-5-8-11-9-6-7-10-12(11)13(14)15/h6-7,9,11-12H,2-5,8,10H2,1H3,(H,14,15). The van der Waals surface area contributed by atoms with Crippen LogP contribution in [0, 0.1) is 18.3 Å². The topological polar surface area (TPSA) is 37.3 Å². The highest BCUT2D eigenvalue weighted by atomic mass is 16.4. The zero-order chi connectivity index (χ0) is 11.1. The molecule has 1 rings (SSSR count). The van der Waals surface area contributed by atoms with Gasteiger partial charge in [0.05, 0.1) is 5.92 Å². The molecule has 0 saturated heterocycles. The van der Waals surface area contributed by atoms with Gasteiger partial charge in [-0.3, -0.25) is 4.79 Å². The van der Waals surface area contributed by atoms with Gasteiger partial charge in [-0.15, -0.1) is 0 Å². The van der Waals surface area contributed by atoms with E-state index in [2.05, 4.69) is 13.0 Å². The maximum Gasteiger partial charge on any atom is 0.307 e. The van der Waals surface area contributed by atoms with Crippen LogP contribution >= 0.6 is 0 Å². The summed E-state index contributed by atoms with van der Waals surface area (Å²) in [4.78, 5) is 11.0. The maximum absolute atomic E-state index is 11.0. The molecule has 15 heavy (non-hydrogen) atoms. The molecule has 2 nitrogen and oxygen atoms in total. The largest absolute Gasteiger partial charge is 0.481 e. The predicted molar refractivity (Wildman–Crippen MR) is 61.4 cm³/mol. The maximum atomic E-state index is 11.0. The molecule has 2 atom stereocenters. The van der Waals surface area contributed by atoms with E-state index in [9.17, 15) is 4.79 Å². The number of hydrogen-bond donors (Lipinski definition) is 1. The van der Waals surface area contributed by atoms with E-state index in [1.165, 1.54) is 19.3 Å². The molecule has 0 fully saturated rings. The molecule has 0 bridgehead atoms. The van der Waals surface area contributed by atoms with E-state index in [4.69, 9.17) is 5.11 Å². The summed E-state index contributed by atoms with van der Waals surface area (Å²) in [7, 11) is 0. The molecule has 85 valence electrons. The third kappa shape index (κ3) is 4.06. The lowest BCUT2D eigenvalue weighted by Gasteiger charge is -2.23. The summed E-state index contributed by atoms with van der Waals surface area (Å²) in [5.74, 6) is -0.572. The first-order valence-corrected chi connectivity index (χ1v) is 5.98. The Bertz CT molecular complexity index is 221. The van der Waals surface area contributed by atoms with Gasteiger partial charge >= 0.3 is 5.97 Å². The smallest absolute Gasteiger partial charge is 0.307 e. The van der Waals surface area contributed by atoms with E-state index in [-0.39, 0.29) is 11.8 Å². The number of carboxylic acid groups (broad SMARTS) is 1. The van der Waals surface area contributed by atoms with E-state index in [1.807, 2.05) is 12.5 Å². The molecule has 0 aromatic rings. The number of allylic oxidation sites excluding steroid dienone is 2. The van der Waals surface area contributed by atoms with Crippen molar-refractivity contribution in [1.82, 2.24) is 0 Å². The Balaban J connectivity index is 2.33. The van der Waals surface area contributed by atoms with Crippen LogP contribution in [0.3, 0.4) is 0 Å². The number of aliphatic carboxylic acids is 1. The van der Waals surface area contributed by atoms with Crippen LogP contribution in [0.5, 0.6) is 0 Å². The summed E-state index contributed by atoms with van der Waals surface area (Å²) >= 11 is 0. The predicted octanol–water partition coefficient (Wildman–Crippen LogP) is 3.44. The van der Waals surface area contributed by atoms with Crippen molar-refractivity contribution in [1.29, 1.82) is 0 Å². The summed E-state index contributed by atoms with van der Waals surface area (Å²) < 4.78 is 0. The van der Waals surface area contributed by atoms with Crippen LogP contribution in [-0.2, 0) is 4.79 Å². The summed E-state index contributed by atoms with van der Waals surface area (Å²) in [6, 6.07) is 0. The molecule has 0 aliphatic heterocycles. The van der Waals surface area contributed by atoms with Crippen LogP contribution in [0.15, 0.2) is 12.2 Å². The Labute approximate surface area is 92.4 Å². The van der Waals surface area contributed by atoms with Crippen molar-refractivity contribution in [3.63, 3.8) is 0 Å². The van der Waals surface area contributed by atoms with Gasteiger partial charge in [-0.05, 0) is 25.2 Å². The van der Waals surface area contributed by atoms with Crippen molar-refractivity contribution >= 4 is 5.97 Å². The first-order chi connectivity index (χ1) is 7.25. The van der Waals surface area contributed by atoms with Gasteiger partial charge in [0.25, 0.3) is 0 Å². The fraction of sp³-hybridized carbons (Fsp3) is 0.692. The van der Waals surface area contributed by atoms with Crippen LogP contribution in [0.1, 0.15) is 45.4 Å². The van der Waals surface area contributed by atoms with E-state index < -0.39 is 5.97 Å². The second kappa shape index (κ2) is 6.65. The van der Waals surface area contributed by atoms with Crippen LogP contribution in [0.25, 0.3) is 0 Å². The Morgan fingerprint density at radius 3 is 2.87 bits per heavy atom. The minimum atomic E-state index is -0.643. The van der Waals surface area contributed by atoms with Gasteiger partial charge in [0.2, 0.25) is 0 Å². The number of carboxylic acids is 1. The molecule has 0 aromatic heterocycles. The molecular formula is C13H21O2. The molecule has 2 unspecified atom stereocenters. The van der Waals surface area contributed by atoms with Gasteiger partial charge in [-0.1, -0.05) is 44.8 Å². The molecule has 0 spiro atoms. The Kier molecular flexibility index (Phi) is 5.44. The molecular weight excluding hydrogens is 188 g/mol. The molecule has 2 heteroatoms. The minimum absolute atomic E-state index is 0.184. The van der Waals surface area contributed by atoms with Crippen molar-refractivity contribution in [3.8, 4) is 0 Å². The number of rotatable bonds is 6. The summed E-state index contributed by atoms with van der Waals surface area (Å²) in [5, 5.41) is 9.06. The lowest BCUT2D eigenvalue weighted by atomic mass is 9.81. The van der Waals surface area contributed by atoms with Gasteiger partial charge in [0, 0.05) is 0 Å². The third-order valence-corrected chi connectivity index (χ3v) is 3.11. The fourth-order valence-corrected chi connectivity index (χ4v) is 2.14. The van der Waals surface area contributed by atoms with E-state index >= 15 is 0 Å². The van der Waals surface area contributed by atoms with Crippen molar-refractivity contribution in [2.45, 2.75) is 45.4 Å². The third-order valence-electron chi connectivity index (χ3n) is 3.11. The van der Waals surface area contributed by atoms with E-state index in [0.29, 0.717) is 6.42 Å². The van der Waals surface area contributed by atoms with E-state index in [1.54, 1.807) is 0 Å². The van der Waals surface area contributed by atoms with Crippen molar-refractivity contribution < 1.29 is 9.90 Å². The van der Waals surface area contributed by atoms with Gasteiger partial charge in [0.15, 0.2) is 0 Å². The van der Waals surface area contributed by atoms with Crippen LogP contribution < -0.4 is 0 Å². The average Bonchev–Trinajstić information content (AvgIpc) is 2.25. The Hall–Kier alpha value is -0.790. The van der Waals surface area contributed by atoms with Crippen molar-refractivity contribution in [3.05, 3.63) is 18.6 Å². The molecule has 1 radical (unpaired) electrons. The van der Waals surface area contributed by atoms with Crippen LogP contribution in [-0.4, -0.2) is 11.1 Å². The highest BCUT2D eigenvalue weighted by molar-refractivity contribution is 5.71. The normalized spacial score (nSPS) is 25.4. The summed E-state index contributed by atoms with van der Waals surface area (Å²) in [6.07, 6.45) is 12.7. The second-order valence-corrected chi connectivity index (χ2v) is 4.31. The number of hydrogen-bond acceptors (Lipinski definition) is 1. The van der Waals surface area contributed by atoms with Gasteiger partial charge in [-0.25, -0.2) is 0 Å². The van der Waals surface area contributed by atoms with Crippen LogP contribution in [0.2, 0.25) is 0 Å². The monoisotopic (exact) mass is 209 g/mol. The van der Waals surface area contributed by atoms with Crippen molar-refractivity contribution in [2.24, 2.45) is 11.8 Å². The average molecular weight is 209 g/mol. The number of unbranched alkanes of at least 4 members (excludes halogenated alkanes) is 3. The molecule has 1 aliphatic rings. The Morgan fingerprint density at radius 1 is 1.40 bits per heavy atom. The van der Waals surface area contributed by atoms with Gasteiger partial charge < -0.3 is 5.11 Å². The number of carbonyl (C=O) groups is 1. The zero-order valence-electron chi connectivity index (χ0n) is 9.48. The van der Waals surface area contributed by atoms with Crippen LogP contribution in [0.4, 0.5) is 0 Å². The van der Waals surface area contributed by atoms with Gasteiger partial charge in [-0.2, -0.15) is 0 Å². The highest BCUT2D eigenvalue weighted by Gasteiger charge is 2.27. The van der Waals surface area contributed by atoms with E-state index in [0.717, 1.165) is 12.8 Å². The van der Waals surface area contributed by atoms with Crippen molar-refractivity contribution in [2.75, 3.05) is 0 Å². The quantitative estimate of drug-likeness (QED) is 0.680. The lowest BCUT2D eigenvalue weighted by molar-refractivity contribution is -0.143. The molecule has 0 aromatic carbocycles. The second-order valence-electron chi connectivity index (χ2n) is 4.31. The summed E-state index contributed by atoms with van der Waals surface area (Å²) in [5.41, 5.74) is 0. The SMILES string of the molecule is CCCCCCC1C=C[CH]CC1C(=O)O. The molecule has 1 N–H and O–H groups in total. The fourth-order valence-electron chi connectivity index (χ4n) is 2.14. The van der Waals surface area contributed by atoms with Gasteiger partial charge in [0.1, 0.15) is 0 Å². The molecule has 0 saturated carbocycles. The highest BCUT2D eigenvalue weighted by Crippen LogP contribution is 2.28. The lowest BCUT2D eigenvalue weighted by Crippen LogP contribution is -2.24. The molecule has 0 amide bonds. The molecule has 1 aliphatic carbocycles. The first kappa shape index (κ1) is 12.3. The summed E-state index contributed by atoms with van der Waals surface area (Å²) in [6.45, 7) is 2.19.